The fourth-order valence-electron chi connectivity index (χ4n) is 5.07. The molecule has 3 nitrogen and oxygen atoms in total. The van der Waals surface area contributed by atoms with E-state index in [0.29, 0.717) is 12.8 Å². The van der Waals surface area contributed by atoms with Crippen molar-refractivity contribution in [2.24, 2.45) is 0 Å². The van der Waals surface area contributed by atoms with Gasteiger partial charge in [-0.05, 0) is 38.5 Å². The standard InChI is InChI=1S/C26H48F2O3/c1-3-25(23-21-29-23,17-13-9-5-7-11-15-19-27)31-26(4-2,24-22-30-24)18-14-10-6-8-12-16-20-28/h23-24H,3-22H2,1-2H3. The second-order valence-corrected chi connectivity index (χ2v) is 9.70. The van der Waals surface area contributed by atoms with Crippen LogP contribution in [-0.2, 0) is 14.2 Å². The van der Waals surface area contributed by atoms with Crippen molar-refractivity contribution in [2.45, 2.75) is 140 Å². The van der Waals surface area contributed by atoms with Crippen LogP contribution in [0.3, 0.4) is 0 Å². The van der Waals surface area contributed by atoms with Gasteiger partial charge in [-0.1, -0.05) is 78.1 Å². The predicted octanol–water partition coefficient (Wildman–Crippen LogP) is 7.50. The van der Waals surface area contributed by atoms with E-state index in [2.05, 4.69) is 13.8 Å². The minimum atomic E-state index is -0.206. The highest BCUT2D eigenvalue weighted by molar-refractivity contribution is 5.03. The Morgan fingerprint density at radius 3 is 1.23 bits per heavy atom. The maximum Gasteiger partial charge on any atom is 0.110 e. The Balaban J connectivity index is 1.86. The van der Waals surface area contributed by atoms with Gasteiger partial charge < -0.3 is 14.2 Å². The first kappa shape index (κ1) is 27.0. The lowest BCUT2D eigenvalue weighted by Crippen LogP contribution is -2.51. The van der Waals surface area contributed by atoms with Crippen molar-refractivity contribution in [3.8, 4) is 0 Å². The van der Waals surface area contributed by atoms with E-state index >= 15 is 0 Å². The molecule has 0 amide bonds. The fourth-order valence-corrected chi connectivity index (χ4v) is 5.07. The van der Waals surface area contributed by atoms with Gasteiger partial charge in [0, 0.05) is 0 Å². The molecule has 0 bridgehead atoms. The zero-order valence-corrected chi connectivity index (χ0v) is 20.3. The quantitative estimate of drug-likeness (QED) is 0.128. The molecule has 0 radical (unpaired) electrons. The Morgan fingerprint density at radius 2 is 0.935 bits per heavy atom. The van der Waals surface area contributed by atoms with Gasteiger partial charge in [-0.15, -0.1) is 0 Å². The summed E-state index contributed by atoms with van der Waals surface area (Å²) in [6.45, 7) is 5.72. The van der Waals surface area contributed by atoms with Crippen LogP contribution in [0.25, 0.3) is 0 Å². The maximum absolute atomic E-state index is 12.3. The summed E-state index contributed by atoms with van der Waals surface area (Å²) in [5.41, 5.74) is -0.413. The summed E-state index contributed by atoms with van der Waals surface area (Å²) < 4.78 is 43.2. The highest BCUT2D eigenvalue weighted by atomic mass is 19.1. The molecular formula is C26H48F2O3. The van der Waals surface area contributed by atoms with E-state index in [1.54, 1.807) is 0 Å². The van der Waals surface area contributed by atoms with Crippen LogP contribution in [0.15, 0.2) is 0 Å². The Bertz CT molecular complexity index is 416. The SMILES string of the molecule is CCC(CCCCCCCCF)(OC(CC)(CCCCCCCCF)C1CO1)C1CO1. The van der Waals surface area contributed by atoms with Crippen LogP contribution in [0, 0.1) is 0 Å². The Labute approximate surface area is 190 Å². The van der Waals surface area contributed by atoms with Gasteiger partial charge in [-0.2, -0.15) is 0 Å². The first-order valence-corrected chi connectivity index (χ1v) is 13.2. The Kier molecular flexibility index (Phi) is 12.9. The molecule has 4 unspecified atom stereocenters. The van der Waals surface area contributed by atoms with Crippen LogP contribution in [0.1, 0.15) is 117 Å². The molecule has 0 N–H and O–H groups in total. The molecule has 0 aliphatic carbocycles. The van der Waals surface area contributed by atoms with E-state index in [1.165, 1.54) is 25.7 Å². The van der Waals surface area contributed by atoms with E-state index in [4.69, 9.17) is 14.2 Å². The smallest absolute Gasteiger partial charge is 0.110 e. The molecular weight excluding hydrogens is 398 g/mol. The lowest BCUT2D eigenvalue weighted by molar-refractivity contribution is -0.187. The number of epoxide rings is 2. The minimum Gasteiger partial charge on any atom is -0.370 e. The average Bonchev–Trinajstić information content (AvgIpc) is 3.68. The lowest BCUT2D eigenvalue weighted by atomic mass is 9.84. The summed E-state index contributed by atoms with van der Waals surface area (Å²) in [6.07, 6.45) is 17.1. The van der Waals surface area contributed by atoms with Crippen LogP contribution in [-0.4, -0.2) is 50.0 Å². The van der Waals surface area contributed by atoms with Gasteiger partial charge in [0.25, 0.3) is 0 Å². The van der Waals surface area contributed by atoms with Gasteiger partial charge in [-0.25, -0.2) is 0 Å². The van der Waals surface area contributed by atoms with Crippen molar-refractivity contribution in [3.63, 3.8) is 0 Å². The van der Waals surface area contributed by atoms with Crippen LogP contribution in [0.4, 0.5) is 8.78 Å². The molecule has 0 saturated carbocycles. The van der Waals surface area contributed by atoms with Gasteiger partial charge in [0.1, 0.15) is 12.2 Å². The van der Waals surface area contributed by atoms with Crippen molar-refractivity contribution < 1.29 is 23.0 Å². The summed E-state index contributed by atoms with van der Waals surface area (Å²) in [4.78, 5) is 0. The van der Waals surface area contributed by atoms with Crippen molar-refractivity contribution in [1.29, 1.82) is 0 Å². The van der Waals surface area contributed by atoms with E-state index in [1.807, 2.05) is 0 Å². The zero-order valence-electron chi connectivity index (χ0n) is 20.3. The molecule has 4 atom stereocenters. The van der Waals surface area contributed by atoms with Crippen molar-refractivity contribution in [3.05, 3.63) is 0 Å². The molecule has 2 fully saturated rings. The third kappa shape index (κ3) is 9.25. The maximum atomic E-state index is 12.3. The third-order valence-electron chi connectivity index (χ3n) is 7.41. The van der Waals surface area contributed by atoms with E-state index < -0.39 is 0 Å². The Hall–Kier alpha value is -0.260. The largest absolute Gasteiger partial charge is 0.370 e. The van der Waals surface area contributed by atoms with Gasteiger partial charge >= 0.3 is 0 Å². The minimum absolute atomic E-state index is 0.189. The van der Waals surface area contributed by atoms with Crippen LogP contribution < -0.4 is 0 Å². The van der Waals surface area contributed by atoms with Gasteiger partial charge in [0.2, 0.25) is 0 Å². The summed E-state index contributed by atoms with van der Waals surface area (Å²) in [6, 6.07) is 0. The molecule has 2 rings (SSSR count). The number of rotatable bonds is 22. The van der Waals surface area contributed by atoms with Crippen molar-refractivity contribution in [1.82, 2.24) is 0 Å². The van der Waals surface area contributed by atoms with Gasteiger partial charge in [0.15, 0.2) is 0 Å². The molecule has 184 valence electrons. The van der Waals surface area contributed by atoms with Crippen LogP contribution in [0.2, 0.25) is 0 Å². The molecule has 2 aliphatic rings. The number of halogens is 2. The third-order valence-corrected chi connectivity index (χ3v) is 7.41. The van der Waals surface area contributed by atoms with E-state index in [0.717, 1.165) is 77.4 Å². The summed E-state index contributed by atoms with van der Waals surface area (Å²) >= 11 is 0. The van der Waals surface area contributed by atoms with Crippen LogP contribution >= 0.6 is 0 Å². The summed E-state index contributed by atoms with van der Waals surface area (Å²) in [5.74, 6) is 0. The molecule has 0 aromatic heterocycles. The second-order valence-electron chi connectivity index (χ2n) is 9.70. The average molecular weight is 447 g/mol. The first-order valence-electron chi connectivity index (χ1n) is 13.2. The number of hydrogen-bond donors (Lipinski definition) is 0. The predicted molar refractivity (Wildman–Crippen MR) is 123 cm³/mol. The molecule has 0 aromatic rings. The second kappa shape index (κ2) is 14.8. The van der Waals surface area contributed by atoms with Gasteiger partial charge in [-0.3, -0.25) is 8.78 Å². The highest BCUT2D eigenvalue weighted by Crippen LogP contribution is 2.45. The topological polar surface area (TPSA) is 34.3 Å². The number of hydrogen-bond acceptors (Lipinski definition) is 3. The normalized spacial score (nSPS) is 24.0. The van der Waals surface area contributed by atoms with Crippen molar-refractivity contribution >= 4 is 0 Å². The monoisotopic (exact) mass is 446 g/mol. The zero-order chi connectivity index (χ0) is 22.4. The molecule has 2 saturated heterocycles. The fraction of sp³-hybridized carbons (Fsp3) is 1.00. The van der Waals surface area contributed by atoms with Gasteiger partial charge in [0.05, 0.1) is 37.8 Å². The number of alkyl halides is 2. The first-order chi connectivity index (χ1) is 15.2. The van der Waals surface area contributed by atoms with E-state index in [9.17, 15) is 8.78 Å². The Morgan fingerprint density at radius 1 is 0.613 bits per heavy atom. The lowest BCUT2D eigenvalue weighted by Gasteiger charge is -2.43. The van der Waals surface area contributed by atoms with Crippen molar-refractivity contribution in [2.75, 3.05) is 26.6 Å². The molecule has 0 aromatic carbocycles. The number of unbranched alkanes of at least 4 members (excludes halogenated alkanes) is 10. The highest BCUT2D eigenvalue weighted by Gasteiger charge is 2.55. The molecule has 0 spiro atoms. The molecule has 2 heterocycles. The van der Waals surface area contributed by atoms with E-state index in [-0.39, 0.29) is 36.8 Å². The number of ether oxygens (including phenoxy) is 3. The summed E-state index contributed by atoms with van der Waals surface area (Å²) in [7, 11) is 0. The molecule has 5 heteroatoms. The molecule has 2 aliphatic heterocycles. The molecule has 31 heavy (non-hydrogen) atoms. The summed E-state index contributed by atoms with van der Waals surface area (Å²) in [5, 5.41) is 0. The van der Waals surface area contributed by atoms with Crippen LogP contribution in [0.5, 0.6) is 0 Å².